The Bertz CT molecular complexity index is 514. The molecule has 0 heterocycles. The Morgan fingerprint density at radius 3 is 2.44 bits per heavy atom. The number of anilines is 1. The van der Waals surface area contributed by atoms with Crippen LogP contribution in [0.15, 0.2) is 18.2 Å². The zero-order valence-corrected chi connectivity index (χ0v) is 11.9. The van der Waals surface area contributed by atoms with Crippen molar-refractivity contribution in [3.8, 4) is 0 Å². The van der Waals surface area contributed by atoms with E-state index in [-0.39, 0.29) is 0 Å². The summed E-state index contributed by atoms with van der Waals surface area (Å²) < 4.78 is 24.4. The van der Waals surface area contributed by atoms with E-state index in [2.05, 4.69) is 0 Å². The fourth-order valence-electron chi connectivity index (χ4n) is 1.99. The second kappa shape index (κ2) is 5.69. The van der Waals surface area contributed by atoms with Crippen LogP contribution in [0.3, 0.4) is 0 Å². The lowest BCUT2D eigenvalue weighted by molar-refractivity contribution is 0.338. The zero-order valence-electron chi connectivity index (χ0n) is 11.1. The highest BCUT2D eigenvalue weighted by Gasteiger charge is 2.22. The van der Waals surface area contributed by atoms with Gasteiger partial charge < -0.3 is 11.5 Å². The predicted octanol–water partition coefficient (Wildman–Crippen LogP) is 0.686. The molecule has 0 amide bonds. The monoisotopic (exact) mass is 271 g/mol. The molecule has 1 atom stereocenters. The van der Waals surface area contributed by atoms with Crippen molar-refractivity contribution in [2.75, 3.05) is 18.5 Å². The molecule has 0 aliphatic rings. The van der Waals surface area contributed by atoms with Gasteiger partial charge in [0.25, 0.3) is 0 Å². The molecular weight excluding hydrogens is 250 g/mol. The number of aryl methyl sites for hydroxylation is 1. The fraction of sp³-hybridized carbons (Fsp3) is 0.500. The molecule has 1 unspecified atom stereocenters. The van der Waals surface area contributed by atoms with Gasteiger partial charge in [0.05, 0.1) is 12.4 Å². The number of hydrogen-bond donors (Lipinski definition) is 2. The Hall–Kier alpha value is -1.11. The number of likely N-dealkylation sites (N-methyl/N-ethyl adjacent to an activating group) is 1. The van der Waals surface area contributed by atoms with Gasteiger partial charge >= 0.3 is 0 Å². The number of rotatable bonds is 5. The quantitative estimate of drug-likeness (QED) is 0.609. The SMILES string of the molecule is CCN(C(N)Cc1ccc(N)cc1C)S(C)(=O)=O. The van der Waals surface area contributed by atoms with E-state index in [4.69, 9.17) is 11.5 Å². The van der Waals surface area contributed by atoms with Crippen LogP contribution in [0, 0.1) is 6.92 Å². The van der Waals surface area contributed by atoms with Crippen molar-refractivity contribution in [2.24, 2.45) is 5.73 Å². The van der Waals surface area contributed by atoms with Gasteiger partial charge in [-0.25, -0.2) is 8.42 Å². The topological polar surface area (TPSA) is 89.4 Å². The first-order chi connectivity index (χ1) is 8.25. The summed E-state index contributed by atoms with van der Waals surface area (Å²) in [5.74, 6) is 0. The van der Waals surface area contributed by atoms with Crippen molar-refractivity contribution in [1.82, 2.24) is 4.31 Å². The number of benzene rings is 1. The van der Waals surface area contributed by atoms with Crippen molar-refractivity contribution in [1.29, 1.82) is 0 Å². The highest BCUT2D eigenvalue weighted by Crippen LogP contribution is 2.15. The van der Waals surface area contributed by atoms with Gasteiger partial charge in [-0.1, -0.05) is 13.0 Å². The molecule has 0 aliphatic carbocycles. The minimum Gasteiger partial charge on any atom is -0.399 e. The molecule has 6 heteroatoms. The lowest BCUT2D eigenvalue weighted by atomic mass is 10.0. The third kappa shape index (κ3) is 3.69. The van der Waals surface area contributed by atoms with Crippen LogP contribution in [0.25, 0.3) is 0 Å². The number of nitrogens with two attached hydrogens (primary N) is 2. The van der Waals surface area contributed by atoms with E-state index in [0.29, 0.717) is 18.7 Å². The molecule has 0 fully saturated rings. The molecule has 18 heavy (non-hydrogen) atoms. The van der Waals surface area contributed by atoms with E-state index >= 15 is 0 Å². The molecule has 1 aromatic carbocycles. The Labute approximate surface area is 109 Å². The maximum atomic E-state index is 11.6. The van der Waals surface area contributed by atoms with Gasteiger partial charge in [0.1, 0.15) is 0 Å². The first-order valence-corrected chi connectivity index (χ1v) is 7.68. The fourth-order valence-corrected chi connectivity index (χ4v) is 3.03. The minimum absolute atomic E-state index is 0.369. The molecule has 102 valence electrons. The third-order valence-corrected chi connectivity index (χ3v) is 4.28. The highest BCUT2D eigenvalue weighted by atomic mass is 32.2. The standard InChI is InChI=1S/C12H21N3O2S/c1-4-15(18(3,16)17)12(14)8-10-5-6-11(13)7-9(10)2/h5-7,12H,4,8,13-14H2,1-3H3. The zero-order chi connectivity index (χ0) is 13.9. The lowest BCUT2D eigenvalue weighted by Gasteiger charge is -2.25. The van der Waals surface area contributed by atoms with Crippen molar-refractivity contribution in [2.45, 2.75) is 26.4 Å². The molecule has 0 saturated heterocycles. The molecule has 4 N–H and O–H groups in total. The Morgan fingerprint density at radius 2 is 2.00 bits per heavy atom. The van der Waals surface area contributed by atoms with Crippen LogP contribution in [0.1, 0.15) is 18.1 Å². The lowest BCUT2D eigenvalue weighted by Crippen LogP contribution is -2.46. The first kappa shape index (κ1) is 14.9. The smallest absolute Gasteiger partial charge is 0.212 e. The van der Waals surface area contributed by atoms with Crippen LogP contribution in [0.4, 0.5) is 5.69 Å². The molecule has 1 aromatic rings. The number of sulfonamides is 1. The van der Waals surface area contributed by atoms with Crippen molar-refractivity contribution < 1.29 is 8.42 Å². The van der Waals surface area contributed by atoms with Crippen molar-refractivity contribution in [3.05, 3.63) is 29.3 Å². The van der Waals surface area contributed by atoms with Crippen LogP contribution < -0.4 is 11.5 Å². The molecule has 0 spiro atoms. The minimum atomic E-state index is -3.27. The highest BCUT2D eigenvalue weighted by molar-refractivity contribution is 7.88. The largest absolute Gasteiger partial charge is 0.399 e. The molecule has 0 radical (unpaired) electrons. The summed E-state index contributed by atoms with van der Waals surface area (Å²) in [4.78, 5) is 0. The van der Waals surface area contributed by atoms with Gasteiger partial charge in [0, 0.05) is 18.7 Å². The van der Waals surface area contributed by atoms with Crippen LogP contribution in [0.2, 0.25) is 0 Å². The van der Waals surface area contributed by atoms with Crippen molar-refractivity contribution in [3.63, 3.8) is 0 Å². The molecule has 0 bridgehead atoms. The van der Waals surface area contributed by atoms with E-state index in [1.54, 1.807) is 13.0 Å². The average molecular weight is 271 g/mol. The van der Waals surface area contributed by atoms with E-state index in [9.17, 15) is 8.42 Å². The summed E-state index contributed by atoms with van der Waals surface area (Å²) in [6.45, 7) is 4.08. The summed E-state index contributed by atoms with van der Waals surface area (Å²) in [5, 5.41) is 0. The normalized spacial score (nSPS) is 13.8. The van der Waals surface area contributed by atoms with E-state index in [1.165, 1.54) is 10.6 Å². The maximum absolute atomic E-state index is 11.6. The van der Waals surface area contributed by atoms with Gasteiger partial charge in [-0.05, 0) is 30.2 Å². The summed E-state index contributed by atoms with van der Waals surface area (Å²) in [6, 6.07) is 5.55. The molecule has 5 nitrogen and oxygen atoms in total. The molecule has 0 aromatic heterocycles. The van der Waals surface area contributed by atoms with Crippen LogP contribution in [0.5, 0.6) is 0 Å². The van der Waals surface area contributed by atoms with E-state index in [1.807, 2.05) is 19.1 Å². The van der Waals surface area contributed by atoms with E-state index in [0.717, 1.165) is 11.1 Å². The molecule has 0 aliphatic heterocycles. The van der Waals surface area contributed by atoms with Gasteiger partial charge in [-0.3, -0.25) is 0 Å². The number of nitrogen functional groups attached to an aromatic ring is 1. The van der Waals surface area contributed by atoms with Crippen molar-refractivity contribution >= 4 is 15.7 Å². The van der Waals surface area contributed by atoms with Gasteiger partial charge in [-0.15, -0.1) is 0 Å². The first-order valence-electron chi connectivity index (χ1n) is 5.83. The van der Waals surface area contributed by atoms with Crippen LogP contribution in [-0.2, 0) is 16.4 Å². The van der Waals surface area contributed by atoms with Crippen LogP contribution >= 0.6 is 0 Å². The van der Waals surface area contributed by atoms with Crippen LogP contribution in [-0.4, -0.2) is 31.7 Å². The Morgan fingerprint density at radius 1 is 1.39 bits per heavy atom. The Balaban J connectivity index is 2.90. The molecular formula is C12H21N3O2S. The van der Waals surface area contributed by atoms with Gasteiger partial charge in [0.2, 0.25) is 10.0 Å². The maximum Gasteiger partial charge on any atom is 0.212 e. The average Bonchev–Trinajstić information content (AvgIpc) is 2.21. The molecule has 1 rings (SSSR count). The van der Waals surface area contributed by atoms with Gasteiger partial charge in [-0.2, -0.15) is 4.31 Å². The summed E-state index contributed by atoms with van der Waals surface area (Å²) in [7, 11) is -3.27. The molecule has 0 saturated carbocycles. The summed E-state index contributed by atoms with van der Waals surface area (Å²) >= 11 is 0. The predicted molar refractivity (Wildman–Crippen MR) is 74.5 cm³/mol. The number of hydrogen-bond acceptors (Lipinski definition) is 4. The second-order valence-corrected chi connectivity index (χ2v) is 6.36. The third-order valence-electron chi connectivity index (χ3n) is 2.90. The van der Waals surface area contributed by atoms with Gasteiger partial charge in [0.15, 0.2) is 0 Å². The Kier molecular flexibility index (Phi) is 4.72. The second-order valence-electron chi connectivity index (χ2n) is 4.42. The summed E-state index contributed by atoms with van der Waals surface area (Å²) in [6.07, 6.45) is 1.10. The number of nitrogens with zero attached hydrogens (tertiary/aromatic N) is 1. The van der Waals surface area contributed by atoms with E-state index < -0.39 is 16.2 Å². The summed E-state index contributed by atoms with van der Waals surface area (Å²) in [5.41, 5.74) is 14.4.